The van der Waals surface area contributed by atoms with Crippen LogP contribution < -0.4 is 10.6 Å². The van der Waals surface area contributed by atoms with Crippen LogP contribution in [0.4, 0.5) is 23.1 Å². The van der Waals surface area contributed by atoms with Gasteiger partial charge in [0, 0.05) is 27.1 Å². The maximum absolute atomic E-state index is 5.97. The number of nitrogens with one attached hydrogen (secondary N) is 2. The maximum Gasteiger partial charge on any atom is 0.229 e. The van der Waals surface area contributed by atoms with Crippen molar-refractivity contribution in [1.82, 2.24) is 9.97 Å². The van der Waals surface area contributed by atoms with Gasteiger partial charge in [0.15, 0.2) is 0 Å². The first-order valence-corrected chi connectivity index (χ1v) is 7.74. The largest absolute Gasteiger partial charge is 0.340 e. The van der Waals surface area contributed by atoms with Crippen molar-refractivity contribution < 1.29 is 0 Å². The van der Waals surface area contributed by atoms with Gasteiger partial charge in [0.05, 0.1) is 0 Å². The minimum absolute atomic E-state index is 0.504. The number of hydrogen-bond donors (Lipinski definition) is 2. The number of rotatable bonds is 4. The number of halogens is 2. The van der Waals surface area contributed by atoms with Crippen molar-refractivity contribution in [2.75, 3.05) is 10.6 Å². The van der Waals surface area contributed by atoms with Crippen molar-refractivity contribution >= 4 is 50.7 Å². The summed E-state index contributed by atoms with van der Waals surface area (Å²) < 4.78 is 1.03. The highest BCUT2D eigenvalue weighted by atomic mass is 79.9. The highest BCUT2D eigenvalue weighted by Crippen LogP contribution is 2.21. The van der Waals surface area contributed by atoms with Crippen molar-refractivity contribution in [2.24, 2.45) is 0 Å². The Morgan fingerprint density at radius 2 is 1.73 bits per heavy atom. The Labute approximate surface area is 141 Å². The van der Waals surface area contributed by atoms with Gasteiger partial charge in [-0.3, -0.25) is 0 Å². The highest BCUT2D eigenvalue weighted by molar-refractivity contribution is 9.10. The fourth-order valence-electron chi connectivity index (χ4n) is 1.86. The summed E-state index contributed by atoms with van der Waals surface area (Å²) in [7, 11) is 0. The Hall–Kier alpha value is -2.11. The molecule has 0 atom stereocenters. The molecule has 4 nitrogen and oxygen atoms in total. The van der Waals surface area contributed by atoms with E-state index in [4.69, 9.17) is 11.6 Å². The molecule has 0 bridgehead atoms. The molecule has 0 fully saturated rings. The van der Waals surface area contributed by atoms with E-state index in [0.29, 0.717) is 16.8 Å². The predicted molar refractivity (Wildman–Crippen MR) is 94.2 cm³/mol. The van der Waals surface area contributed by atoms with Gasteiger partial charge in [0.25, 0.3) is 0 Å². The van der Waals surface area contributed by atoms with Crippen LogP contribution in [0.1, 0.15) is 0 Å². The molecule has 0 saturated carbocycles. The van der Waals surface area contributed by atoms with Crippen LogP contribution in [0.25, 0.3) is 0 Å². The quantitative estimate of drug-likeness (QED) is 0.643. The van der Waals surface area contributed by atoms with Crippen molar-refractivity contribution in [3.05, 3.63) is 70.3 Å². The van der Waals surface area contributed by atoms with Crippen LogP contribution in [0.15, 0.2) is 65.3 Å². The molecule has 1 heterocycles. The smallest absolute Gasteiger partial charge is 0.229 e. The van der Waals surface area contributed by atoms with Gasteiger partial charge in [-0.15, -0.1) is 0 Å². The number of anilines is 4. The molecule has 0 aliphatic carbocycles. The molecule has 3 rings (SSSR count). The molecule has 22 heavy (non-hydrogen) atoms. The first-order valence-electron chi connectivity index (χ1n) is 6.57. The van der Waals surface area contributed by atoms with Gasteiger partial charge in [-0.1, -0.05) is 33.6 Å². The lowest BCUT2D eigenvalue weighted by Gasteiger charge is -2.08. The minimum Gasteiger partial charge on any atom is -0.340 e. The SMILES string of the molecule is Clc1cccc(Nc2nccc(Nc3ccc(Br)cc3)n2)c1. The van der Waals surface area contributed by atoms with E-state index in [9.17, 15) is 0 Å². The molecule has 3 aromatic rings. The summed E-state index contributed by atoms with van der Waals surface area (Å²) in [5.41, 5.74) is 1.80. The first-order chi connectivity index (χ1) is 10.7. The molecule has 6 heteroatoms. The van der Waals surface area contributed by atoms with Gasteiger partial charge >= 0.3 is 0 Å². The zero-order valence-corrected chi connectivity index (χ0v) is 13.8. The molecule has 0 aliphatic heterocycles. The lowest BCUT2D eigenvalue weighted by Crippen LogP contribution is -2.00. The van der Waals surface area contributed by atoms with Crippen LogP contribution >= 0.6 is 27.5 Å². The Morgan fingerprint density at radius 3 is 2.50 bits per heavy atom. The van der Waals surface area contributed by atoms with E-state index in [0.717, 1.165) is 15.8 Å². The van der Waals surface area contributed by atoms with Gasteiger partial charge in [0.1, 0.15) is 5.82 Å². The molecule has 0 spiro atoms. The Balaban J connectivity index is 1.76. The molecule has 2 aromatic carbocycles. The van der Waals surface area contributed by atoms with Gasteiger partial charge in [-0.25, -0.2) is 4.98 Å². The monoisotopic (exact) mass is 374 g/mol. The summed E-state index contributed by atoms with van der Waals surface area (Å²) in [6, 6.07) is 17.1. The molecule has 0 radical (unpaired) electrons. The van der Waals surface area contributed by atoms with Crippen molar-refractivity contribution in [1.29, 1.82) is 0 Å². The average Bonchev–Trinajstić information content (AvgIpc) is 2.50. The lowest BCUT2D eigenvalue weighted by atomic mass is 10.3. The second-order valence-electron chi connectivity index (χ2n) is 4.53. The molecule has 0 aliphatic rings. The lowest BCUT2D eigenvalue weighted by molar-refractivity contribution is 1.17. The third-order valence-corrected chi connectivity index (χ3v) is 3.62. The molecule has 0 saturated heterocycles. The standard InChI is InChI=1S/C16H12BrClN4/c17-11-4-6-13(7-5-11)20-15-8-9-19-16(22-15)21-14-3-1-2-12(18)10-14/h1-10H,(H2,19,20,21,22). The van der Waals surface area contributed by atoms with E-state index >= 15 is 0 Å². The number of hydrogen-bond acceptors (Lipinski definition) is 4. The molecular weight excluding hydrogens is 364 g/mol. The second kappa shape index (κ2) is 6.77. The third-order valence-electron chi connectivity index (χ3n) is 2.85. The summed E-state index contributed by atoms with van der Waals surface area (Å²) in [6.07, 6.45) is 1.70. The first kappa shape index (κ1) is 14.8. The highest BCUT2D eigenvalue weighted by Gasteiger charge is 2.01. The van der Waals surface area contributed by atoms with E-state index in [2.05, 4.69) is 36.5 Å². The minimum atomic E-state index is 0.504. The van der Waals surface area contributed by atoms with Crippen LogP contribution in [-0.4, -0.2) is 9.97 Å². The van der Waals surface area contributed by atoms with Gasteiger partial charge < -0.3 is 10.6 Å². The van der Waals surface area contributed by atoms with Crippen LogP contribution in [0.3, 0.4) is 0 Å². The van der Waals surface area contributed by atoms with E-state index in [1.165, 1.54) is 0 Å². The normalized spacial score (nSPS) is 10.3. The summed E-state index contributed by atoms with van der Waals surface area (Å²) in [4.78, 5) is 8.63. The van der Waals surface area contributed by atoms with Crippen molar-refractivity contribution in [3.63, 3.8) is 0 Å². The fourth-order valence-corrected chi connectivity index (χ4v) is 2.32. The van der Waals surface area contributed by atoms with Crippen molar-refractivity contribution in [2.45, 2.75) is 0 Å². The maximum atomic E-state index is 5.97. The average molecular weight is 376 g/mol. The second-order valence-corrected chi connectivity index (χ2v) is 5.88. The molecule has 0 amide bonds. The number of benzene rings is 2. The zero-order valence-electron chi connectivity index (χ0n) is 11.4. The summed E-state index contributed by atoms with van der Waals surface area (Å²) >= 11 is 9.38. The van der Waals surface area contributed by atoms with Crippen LogP contribution in [-0.2, 0) is 0 Å². The summed E-state index contributed by atoms with van der Waals surface area (Å²) in [5.74, 6) is 1.21. The third kappa shape index (κ3) is 3.96. The molecule has 1 aromatic heterocycles. The van der Waals surface area contributed by atoms with Crippen LogP contribution in [0.2, 0.25) is 5.02 Å². The van der Waals surface area contributed by atoms with E-state index in [1.807, 2.05) is 54.6 Å². The van der Waals surface area contributed by atoms with Crippen LogP contribution in [0, 0.1) is 0 Å². The molecule has 110 valence electrons. The summed E-state index contributed by atoms with van der Waals surface area (Å²) in [6.45, 7) is 0. The molecule has 0 unspecified atom stereocenters. The Morgan fingerprint density at radius 1 is 0.909 bits per heavy atom. The number of aromatic nitrogens is 2. The topological polar surface area (TPSA) is 49.8 Å². The number of nitrogens with zero attached hydrogens (tertiary/aromatic N) is 2. The van der Waals surface area contributed by atoms with Gasteiger partial charge in [-0.2, -0.15) is 4.98 Å². The zero-order chi connectivity index (χ0) is 15.4. The Bertz CT molecular complexity index is 777. The van der Waals surface area contributed by atoms with E-state index < -0.39 is 0 Å². The molecule has 2 N–H and O–H groups in total. The fraction of sp³-hybridized carbons (Fsp3) is 0. The van der Waals surface area contributed by atoms with Gasteiger partial charge in [0.2, 0.25) is 5.95 Å². The van der Waals surface area contributed by atoms with Crippen LogP contribution in [0.5, 0.6) is 0 Å². The predicted octanol–water partition coefficient (Wildman–Crippen LogP) is 5.38. The van der Waals surface area contributed by atoms with E-state index in [-0.39, 0.29) is 0 Å². The van der Waals surface area contributed by atoms with E-state index in [1.54, 1.807) is 6.20 Å². The Kier molecular flexibility index (Phi) is 4.56. The molecular formula is C16H12BrClN4. The summed E-state index contributed by atoms with van der Waals surface area (Å²) in [5, 5.41) is 7.02. The van der Waals surface area contributed by atoms with Crippen molar-refractivity contribution in [3.8, 4) is 0 Å². The van der Waals surface area contributed by atoms with Gasteiger partial charge in [-0.05, 0) is 48.5 Å².